The van der Waals surface area contributed by atoms with Crippen LogP contribution in [0, 0.1) is 11.7 Å². The molecule has 0 aliphatic carbocycles. The van der Waals surface area contributed by atoms with Crippen molar-refractivity contribution < 1.29 is 23.4 Å². The van der Waals surface area contributed by atoms with Gasteiger partial charge in [-0.05, 0) is 49.4 Å². The lowest BCUT2D eigenvalue weighted by molar-refractivity contribution is -0.157. The molecule has 0 N–H and O–H groups in total. The lowest BCUT2D eigenvalue weighted by Gasteiger charge is -2.47. The highest BCUT2D eigenvalue weighted by atomic mass is 19.1. The number of halogens is 1. The first-order chi connectivity index (χ1) is 15.1. The minimum Gasteiger partial charge on any atom is -0.494 e. The van der Waals surface area contributed by atoms with Gasteiger partial charge in [0, 0.05) is 12.2 Å². The number of nitrogens with zero attached hydrogens (tertiary/aromatic N) is 1. The first kappa shape index (κ1) is 21.8. The molecule has 0 aromatic heterocycles. The second-order valence-electron chi connectivity index (χ2n) is 8.50. The second kappa shape index (κ2) is 9.79. The maximum Gasteiger partial charge on any atom is 0.227 e. The number of amides is 1. The summed E-state index contributed by atoms with van der Waals surface area (Å²) in [5.41, 5.74) is 1.39. The van der Waals surface area contributed by atoms with Crippen LogP contribution in [0.2, 0.25) is 0 Å². The fraction of sp³-hybridized carbons (Fsp3) is 0.480. The van der Waals surface area contributed by atoms with E-state index >= 15 is 0 Å². The summed E-state index contributed by atoms with van der Waals surface area (Å²) in [5, 5.41) is 0. The van der Waals surface area contributed by atoms with E-state index in [-0.39, 0.29) is 17.3 Å². The SMILES string of the molecule is CCOc1ccc(CC(=O)N2CC3(CC(CCOCc4ccccc4F)CO3)C2)cc1. The van der Waals surface area contributed by atoms with Crippen molar-refractivity contribution in [2.24, 2.45) is 5.92 Å². The summed E-state index contributed by atoms with van der Waals surface area (Å²) in [6, 6.07) is 14.4. The molecule has 2 fully saturated rings. The summed E-state index contributed by atoms with van der Waals surface area (Å²) in [7, 11) is 0. The van der Waals surface area contributed by atoms with E-state index in [0.717, 1.165) is 24.2 Å². The van der Waals surface area contributed by atoms with Crippen LogP contribution in [-0.4, -0.2) is 49.3 Å². The van der Waals surface area contributed by atoms with Crippen molar-refractivity contribution in [2.45, 2.75) is 38.4 Å². The Balaban J connectivity index is 1.15. The lowest BCUT2D eigenvalue weighted by atomic mass is 9.85. The van der Waals surface area contributed by atoms with Gasteiger partial charge in [0.25, 0.3) is 0 Å². The van der Waals surface area contributed by atoms with Crippen LogP contribution in [0.3, 0.4) is 0 Å². The Labute approximate surface area is 183 Å². The maximum atomic E-state index is 13.6. The molecule has 31 heavy (non-hydrogen) atoms. The van der Waals surface area contributed by atoms with Gasteiger partial charge >= 0.3 is 0 Å². The summed E-state index contributed by atoms with van der Waals surface area (Å²) in [4.78, 5) is 14.5. The topological polar surface area (TPSA) is 48.0 Å². The molecular weight excluding hydrogens is 397 g/mol. The van der Waals surface area contributed by atoms with Crippen molar-refractivity contribution in [1.29, 1.82) is 0 Å². The smallest absolute Gasteiger partial charge is 0.227 e. The van der Waals surface area contributed by atoms with Crippen LogP contribution in [0.5, 0.6) is 5.75 Å². The van der Waals surface area contributed by atoms with E-state index in [2.05, 4.69) is 0 Å². The molecule has 2 aromatic rings. The highest BCUT2D eigenvalue weighted by Crippen LogP contribution is 2.39. The average molecular weight is 428 g/mol. The van der Waals surface area contributed by atoms with Crippen LogP contribution in [0.1, 0.15) is 30.9 Å². The van der Waals surface area contributed by atoms with E-state index in [1.165, 1.54) is 6.07 Å². The van der Waals surface area contributed by atoms with Gasteiger partial charge in [0.15, 0.2) is 0 Å². The van der Waals surface area contributed by atoms with Crippen LogP contribution in [0.15, 0.2) is 48.5 Å². The van der Waals surface area contributed by atoms with Gasteiger partial charge in [-0.1, -0.05) is 30.3 Å². The first-order valence-electron chi connectivity index (χ1n) is 11.0. The van der Waals surface area contributed by atoms with Gasteiger partial charge in [0.1, 0.15) is 17.2 Å². The number of carbonyl (C=O) groups excluding carboxylic acids is 1. The Morgan fingerprint density at radius 2 is 1.97 bits per heavy atom. The number of rotatable bonds is 9. The van der Waals surface area contributed by atoms with Gasteiger partial charge in [0.05, 0.1) is 39.3 Å². The molecular formula is C25H30FNO4. The largest absolute Gasteiger partial charge is 0.494 e. The van der Waals surface area contributed by atoms with Crippen LogP contribution in [0.25, 0.3) is 0 Å². The summed E-state index contributed by atoms with van der Waals surface area (Å²) in [5.74, 6) is 1.15. The zero-order chi connectivity index (χ0) is 21.7. The molecule has 2 aromatic carbocycles. The summed E-state index contributed by atoms with van der Waals surface area (Å²) < 4.78 is 30.8. The monoisotopic (exact) mass is 427 g/mol. The molecule has 1 amide bonds. The molecule has 5 nitrogen and oxygen atoms in total. The van der Waals surface area contributed by atoms with Crippen molar-refractivity contribution in [1.82, 2.24) is 4.90 Å². The van der Waals surface area contributed by atoms with Crippen molar-refractivity contribution in [3.63, 3.8) is 0 Å². The van der Waals surface area contributed by atoms with Gasteiger partial charge in [-0.2, -0.15) is 0 Å². The Morgan fingerprint density at radius 1 is 1.19 bits per heavy atom. The Kier molecular flexibility index (Phi) is 6.88. The summed E-state index contributed by atoms with van der Waals surface area (Å²) in [6.45, 7) is 5.48. The third kappa shape index (κ3) is 5.43. The molecule has 0 bridgehead atoms. The van der Waals surface area contributed by atoms with E-state index in [1.807, 2.05) is 42.2 Å². The van der Waals surface area contributed by atoms with Crippen molar-refractivity contribution in [2.75, 3.05) is 32.9 Å². The zero-order valence-electron chi connectivity index (χ0n) is 18.0. The van der Waals surface area contributed by atoms with Gasteiger partial charge in [-0.15, -0.1) is 0 Å². The van der Waals surface area contributed by atoms with Crippen LogP contribution >= 0.6 is 0 Å². The average Bonchev–Trinajstić information content (AvgIpc) is 3.18. The number of benzene rings is 2. The normalized spacial score (nSPS) is 19.4. The predicted molar refractivity (Wildman–Crippen MR) is 115 cm³/mol. The van der Waals surface area contributed by atoms with Gasteiger partial charge in [-0.3, -0.25) is 4.79 Å². The molecule has 2 heterocycles. The number of likely N-dealkylation sites (tertiary alicyclic amines) is 1. The molecule has 2 aliphatic heterocycles. The zero-order valence-corrected chi connectivity index (χ0v) is 18.0. The van der Waals surface area contributed by atoms with Crippen molar-refractivity contribution >= 4 is 5.91 Å². The lowest BCUT2D eigenvalue weighted by Crippen LogP contribution is -2.63. The van der Waals surface area contributed by atoms with E-state index < -0.39 is 0 Å². The highest BCUT2D eigenvalue weighted by molar-refractivity contribution is 5.80. The van der Waals surface area contributed by atoms with Crippen molar-refractivity contribution in [3.8, 4) is 5.75 Å². The second-order valence-corrected chi connectivity index (χ2v) is 8.50. The first-order valence-corrected chi connectivity index (χ1v) is 11.0. The van der Waals surface area contributed by atoms with Gasteiger partial charge in [-0.25, -0.2) is 4.39 Å². The highest BCUT2D eigenvalue weighted by Gasteiger charge is 2.50. The van der Waals surface area contributed by atoms with Crippen LogP contribution in [-0.2, 0) is 27.3 Å². The minimum absolute atomic E-state index is 0.134. The fourth-order valence-corrected chi connectivity index (χ4v) is 4.37. The molecule has 6 heteroatoms. The van der Waals surface area contributed by atoms with Crippen LogP contribution < -0.4 is 4.74 Å². The number of hydrogen-bond acceptors (Lipinski definition) is 4. The van der Waals surface area contributed by atoms with Crippen LogP contribution in [0.4, 0.5) is 4.39 Å². The molecule has 2 saturated heterocycles. The summed E-state index contributed by atoms with van der Waals surface area (Å²) in [6.07, 6.45) is 2.23. The summed E-state index contributed by atoms with van der Waals surface area (Å²) >= 11 is 0. The third-order valence-corrected chi connectivity index (χ3v) is 6.07. The van der Waals surface area contributed by atoms with E-state index in [1.54, 1.807) is 12.1 Å². The number of carbonyl (C=O) groups is 1. The minimum atomic E-state index is -0.227. The molecule has 2 aliphatic rings. The van der Waals surface area contributed by atoms with Gasteiger partial charge in [0.2, 0.25) is 5.91 Å². The molecule has 4 rings (SSSR count). The number of hydrogen-bond donors (Lipinski definition) is 0. The predicted octanol–water partition coefficient (Wildman–Crippen LogP) is 3.99. The van der Waals surface area contributed by atoms with E-state index in [4.69, 9.17) is 14.2 Å². The molecule has 166 valence electrons. The molecule has 1 atom stereocenters. The molecule has 1 spiro atoms. The fourth-order valence-electron chi connectivity index (χ4n) is 4.37. The molecule has 1 unspecified atom stereocenters. The van der Waals surface area contributed by atoms with E-state index in [0.29, 0.717) is 57.4 Å². The molecule has 0 radical (unpaired) electrons. The van der Waals surface area contributed by atoms with Crippen molar-refractivity contribution in [3.05, 3.63) is 65.5 Å². The third-order valence-electron chi connectivity index (χ3n) is 6.07. The molecule has 0 saturated carbocycles. The van der Waals surface area contributed by atoms with E-state index in [9.17, 15) is 9.18 Å². The maximum absolute atomic E-state index is 13.6. The Bertz CT molecular complexity index is 879. The quantitative estimate of drug-likeness (QED) is 0.568. The number of ether oxygens (including phenoxy) is 3. The van der Waals surface area contributed by atoms with Gasteiger partial charge < -0.3 is 19.1 Å². The standard InChI is InChI=1S/C25H30FNO4/c1-2-30-22-9-7-19(8-10-22)13-24(28)27-17-25(18-27)14-20(15-31-25)11-12-29-16-21-5-3-4-6-23(21)26/h3-10,20H,2,11-18H2,1H3. The Morgan fingerprint density at radius 3 is 2.71 bits per heavy atom. The Hall–Kier alpha value is -2.44.